The van der Waals surface area contributed by atoms with Gasteiger partial charge in [-0.3, -0.25) is 19.7 Å². The second-order valence-corrected chi connectivity index (χ2v) is 11.2. The van der Waals surface area contributed by atoms with Gasteiger partial charge in [0.05, 0.1) is 13.4 Å². The van der Waals surface area contributed by atoms with Crippen molar-refractivity contribution in [2.45, 2.75) is 26.2 Å². The lowest BCUT2D eigenvalue weighted by Gasteiger charge is -2.27. The number of hydrogen-bond donors (Lipinski definition) is 2. The van der Waals surface area contributed by atoms with Gasteiger partial charge in [0, 0.05) is 22.5 Å². The van der Waals surface area contributed by atoms with E-state index in [1.165, 1.54) is 4.90 Å². The molecule has 0 aliphatic carbocycles. The third-order valence-electron chi connectivity index (χ3n) is 5.65. The van der Waals surface area contributed by atoms with Gasteiger partial charge in [0.2, 0.25) is 15.9 Å². The molecule has 9 heteroatoms. The van der Waals surface area contributed by atoms with Gasteiger partial charge >= 0.3 is 6.03 Å². The lowest BCUT2D eigenvalue weighted by atomic mass is 9.83. The Hall–Kier alpha value is -3.59. The van der Waals surface area contributed by atoms with E-state index in [0.717, 1.165) is 33.7 Å². The molecule has 1 heterocycles. The first-order valence-corrected chi connectivity index (χ1v) is 12.6. The number of hydrogen-bond acceptors (Lipinski definition) is 5. The van der Waals surface area contributed by atoms with E-state index in [4.69, 9.17) is 4.74 Å². The van der Waals surface area contributed by atoms with E-state index in [1.54, 1.807) is 19.2 Å². The molecule has 0 aromatic heterocycles. The molecule has 4 rings (SSSR count). The number of sulfonamides is 1. The van der Waals surface area contributed by atoms with Crippen molar-refractivity contribution in [1.82, 2.24) is 5.32 Å². The topological polar surface area (TPSA) is 105 Å². The minimum absolute atomic E-state index is 0.0397. The van der Waals surface area contributed by atoms with Crippen LogP contribution in [0.3, 0.4) is 0 Å². The SMILES string of the molecule is COc1c(-c2ccc3cc(NS(C)(=O)=O)ccc3c2)cc(N2CC(=O)NC2=O)cc1C(C)(C)C. The molecule has 0 unspecified atom stereocenters. The first-order valence-electron chi connectivity index (χ1n) is 10.7. The number of nitrogens with zero attached hydrogens (tertiary/aromatic N) is 1. The molecule has 3 aromatic rings. The number of nitrogens with one attached hydrogen (secondary N) is 2. The molecule has 34 heavy (non-hydrogen) atoms. The quantitative estimate of drug-likeness (QED) is 0.531. The summed E-state index contributed by atoms with van der Waals surface area (Å²) in [6, 6.07) is 14.4. The van der Waals surface area contributed by atoms with E-state index in [0.29, 0.717) is 17.1 Å². The van der Waals surface area contributed by atoms with Crippen molar-refractivity contribution in [3.63, 3.8) is 0 Å². The molecule has 0 atom stereocenters. The molecule has 0 saturated carbocycles. The standard InChI is InChI=1S/C25H27N3O5S/c1-25(2,3)21-13-19(28-14-22(29)26-24(28)30)12-20(23(21)33-4)17-7-6-16-11-18(27-34(5,31)32)9-8-15(16)10-17/h6-13,27H,14H2,1-5H3,(H,26,29,30). The summed E-state index contributed by atoms with van der Waals surface area (Å²) >= 11 is 0. The number of imide groups is 1. The molecular formula is C25H27N3O5S. The Morgan fingerprint density at radius 2 is 1.68 bits per heavy atom. The number of methoxy groups -OCH3 is 1. The number of ether oxygens (including phenoxy) is 1. The first-order chi connectivity index (χ1) is 15.9. The summed E-state index contributed by atoms with van der Waals surface area (Å²) in [5.41, 5.74) is 3.37. The maximum absolute atomic E-state index is 12.4. The Morgan fingerprint density at radius 1 is 1.00 bits per heavy atom. The van der Waals surface area contributed by atoms with Crippen LogP contribution in [0.1, 0.15) is 26.3 Å². The summed E-state index contributed by atoms with van der Waals surface area (Å²) in [6.07, 6.45) is 1.11. The Balaban J connectivity index is 1.88. The Labute approximate surface area is 199 Å². The van der Waals surface area contributed by atoms with E-state index in [2.05, 4.69) is 30.8 Å². The van der Waals surface area contributed by atoms with Crippen molar-refractivity contribution in [3.8, 4) is 16.9 Å². The van der Waals surface area contributed by atoms with Crippen LogP contribution < -0.4 is 19.7 Å². The molecule has 1 aliphatic heterocycles. The van der Waals surface area contributed by atoms with Gasteiger partial charge in [0.25, 0.3) is 0 Å². The van der Waals surface area contributed by atoms with E-state index in [1.807, 2.05) is 36.4 Å². The van der Waals surface area contributed by atoms with Gasteiger partial charge in [-0.15, -0.1) is 0 Å². The molecule has 3 aromatic carbocycles. The van der Waals surface area contributed by atoms with Gasteiger partial charge in [-0.2, -0.15) is 0 Å². The van der Waals surface area contributed by atoms with Gasteiger partial charge in [-0.1, -0.05) is 39.0 Å². The van der Waals surface area contributed by atoms with Crippen molar-refractivity contribution in [2.24, 2.45) is 0 Å². The zero-order chi connectivity index (χ0) is 24.8. The number of rotatable bonds is 5. The lowest BCUT2D eigenvalue weighted by Crippen LogP contribution is -2.28. The molecule has 1 fully saturated rings. The number of carbonyl (C=O) groups is 2. The fourth-order valence-corrected chi connectivity index (χ4v) is 4.66. The molecule has 0 spiro atoms. The molecule has 8 nitrogen and oxygen atoms in total. The van der Waals surface area contributed by atoms with Gasteiger partial charge in [-0.25, -0.2) is 13.2 Å². The maximum Gasteiger partial charge on any atom is 0.329 e. The van der Waals surface area contributed by atoms with Crippen molar-refractivity contribution < 1.29 is 22.7 Å². The van der Waals surface area contributed by atoms with Crippen LogP contribution in [0.2, 0.25) is 0 Å². The van der Waals surface area contributed by atoms with Crippen LogP contribution in [0.15, 0.2) is 48.5 Å². The zero-order valence-corrected chi connectivity index (χ0v) is 20.5. The van der Waals surface area contributed by atoms with E-state index in [9.17, 15) is 18.0 Å². The summed E-state index contributed by atoms with van der Waals surface area (Å²) < 4.78 is 31.5. The highest BCUT2D eigenvalue weighted by atomic mass is 32.2. The number of fused-ring (bicyclic) bond motifs is 1. The third kappa shape index (κ3) is 4.70. The Morgan fingerprint density at radius 3 is 2.26 bits per heavy atom. The van der Waals surface area contributed by atoms with E-state index in [-0.39, 0.29) is 17.9 Å². The Bertz CT molecular complexity index is 1420. The fourth-order valence-electron chi connectivity index (χ4n) is 4.10. The van der Waals surface area contributed by atoms with Crippen LogP contribution in [-0.4, -0.2) is 40.3 Å². The van der Waals surface area contributed by atoms with Crippen molar-refractivity contribution in [3.05, 3.63) is 54.1 Å². The zero-order valence-electron chi connectivity index (χ0n) is 19.7. The lowest BCUT2D eigenvalue weighted by molar-refractivity contribution is -0.117. The molecule has 0 radical (unpaired) electrons. The van der Waals surface area contributed by atoms with Crippen LogP contribution in [-0.2, 0) is 20.2 Å². The molecular weight excluding hydrogens is 454 g/mol. The molecule has 0 bridgehead atoms. The smallest absolute Gasteiger partial charge is 0.329 e. The highest BCUT2D eigenvalue weighted by molar-refractivity contribution is 7.92. The van der Waals surface area contributed by atoms with Crippen molar-refractivity contribution >= 4 is 44.1 Å². The predicted octanol–water partition coefficient (Wildman–Crippen LogP) is 4.24. The number of amides is 3. The van der Waals surface area contributed by atoms with E-state index >= 15 is 0 Å². The second kappa shape index (κ2) is 8.32. The third-order valence-corrected chi connectivity index (χ3v) is 6.25. The summed E-state index contributed by atoms with van der Waals surface area (Å²) in [7, 11) is -1.76. The minimum atomic E-state index is -3.37. The highest BCUT2D eigenvalue weighted by Gasteiger charge is 2.31. The molecule has 1 aliphatic rings. The minimum Gasteiger partial charge on any atom is -0.496 e. The van der Waals surface area contributed by atoms with Gasteiger partial charge in [0.1, 0.15) is 12.3 Å². The number of carbonyl (C=O) groups excluding carboxylic acids is 2. The highest BCUT2D eigenvalue weighted by Crippen LogP contribution is 2.43. The van der Waals surface area contributed by atoms with Gasteiger partial charge in [0.15, 0.2) is 0 Å². The second-order valence-electron chi connectivity index (χ2n) is 9.41. The normalized spacial score (nSPS) is 14.4. The summed E-state index contributed by atoms with van der Waals surface area (Å²) in [5, 5.41) is 4.11. The number of benzene rings is 3. The number of anilines is 2. The molecule has 1 saturated heterocycles. The van der Waals surface area contributed by atoms with E-state index < -0.39 is 16.1 Å². The summed E-state index contributed by atoms with van der Waals surface area (Å²) in [4.78, 5) is 25.6. The van der Waals surface area contributed by atoms with Crippen molar-refractivity contribution in [2.75, 3.05) is 29.5 Å². The maximum atomic E-state index is 12.4. The molecule has 2 N–H and O–H groups in total. The average molecular weight is 482 g/mol. The Kier molecular flexibility index (Phi) is 5.77. The van der Waals surface area contributed by atoms with Crippen LogP contribution >= 0.6 is 0 Å². The fraction of sp³-hybridized carbons (Fsp3) is 0.280. The summed E-state index contributed by atoms with van der Waals surface area (Å²) in [6.45, 7) is 6.14. The summed E-state index contributed by atoms with van der Waals surface area (Å²) in [5.74, 6) is 0.348. The predicted molar refractivity (Wildman–Crippen MR) is 134 cm³/mol. The van der Waals surface area contributed by atoms with Crippen LogP contribution in [0.5, 0.6) is 5.75 Å². The van der Waals surface area contributed by atoms with Crippen LogP contribution in [0, 0.1) is 0 Å². The molecule has 178 valence electrons. The molecule has 3 amide bonds. The van der Waals surface area contributed by atoms with Crippen molar-refractivity contribution in [1.29, 1.82) is 0 Å². The van der Waals surface area contributed by atoms with Crippen LogP contribution in [0.4, 0.5) is 16.2 Å². The average Bonchev–Trinajstić information content (AvgIpc) is 3.08. The first kappa shape index (κ1) is 23.6. The largest absolute Gasteiger partial charge is 0.496 e. The van der Waals surface area contributed by atoms with Gasteiger partial charge < -0.3 is 4.74 Å². The van der Waals surface area contributed by atoms with Gasteiger partial charge in [-0.05, 0) is 52.1 Å². The number of urea groups is 1. The monoisotopic (exact) mass is 481 g/mol. The van der Waals surface area contributed by atoms with Crippen LogP contribution in [0.25, 0.3) is 21.9 Å².